The van der Waals surface area contributed by atoms with Gasteiger partial charge >= 0.3 is 0 Å². The Bertz CT molecular complexity index is 457. The van der Waals surface area contributed by atoms with E-state index in [0.29, 0.717) is 10.9 Å². The molecule has 1 saturated heterocycles. The molecule has 0 bridgehead atoms. The van der Waals surface area contributed by atoms with Gasteiger partial charge in [0.2, 0.25) is 5.91 Å². The van der Waals surface area contributed by atoms with Crippen molar-refractivity contribution in [3.05, 3.63) is 23.8 Å². The zero-order valence-corrected chi connectivity index (χ0v) is 9.93. The molecule has 4 nitrogen and oxygen atoms in total. The zero-order chi connectivity index (χ0) is 11.5. The number of aryl methyl sites for hydroxylation is 1. The van der Waals surface area contributed by atoms with Crippen molar-refractivity contribution in [2.75, 3.05) is 12.9 Å². The van der Waals surface area contributed by atoms with Gasteiger partial charge in [0, 0.05) is 0 Å². The zero-order valence-electron chi connectivity index (χ0n) is 9.11. The maximum absolute atomic E-state index is 11.0. The van der Waals surface area contributed by atoms with Crippen LogP contribution in [0.4, 0.5) is 5.69 Å². The molecule has 84 valence electrons. The minimum Gasteiger partial charge on any atom is -0.497 e. The van der Waals surface area contributed by atoms with E-state index in [9.17, 15) is 4.79 Å². The van der Waals surface area contributed by atoms with Crippen molar-refractivity contribution < 1.29 is 9.53 Å². The molecule has 5 heteroatoms. The number of rotatable bonds is 2. The predicted molar refractivity (Wildman–Crippen MR) is 65.4 cm³/mol. The Morgan fingerprint density at radius 1 is 1.50 bits per heavy atom. The first kappa shape index (κ1) is 11.0. The average Bonchev–Trinajstić information content (AvgIpc) is 2.67. The fourth-order valence-electron chi connectivity index (χ4n) is 1.38. The number of benzene rings is 1. The standard InChI is InChI=1S/C11H12N2O2S/c1-7-5-8(15-2)3-4-9(7)12-11-13-10(14)6-16-11/h3-5H,6H2,1-2H3,(H,12,13,14). The van der Waals surface area contributed by atoms with Gasteiger partial charge in [-0.15, -0.1) is 0 Å². The van der Waals surface area contributed by atoms with E-state index < -0.39 is 0 Å². The van der Waals surface area contributed by atoms with E-state index in [0.717, 1.165) is 17.0 Å². The molecule has 0 radical (unpaired) electrons. The van der Waals surface area contributed by atoms with Crippen molar-refractivity contribution in [3.63, 3.8) is 0 Å². The summed E-state index contributed by atoms with van der Waals surface area (Å²) in [6.07, 6.45) is 0. The summed E-state index contributed by atoms with van der Waals surface area (Å²) >= 11 is 1.42. The van der Waals surface area contributed by atoms with Gasteiger partial charge in [-0.25, -0.2) is 4.99 Å². The van der Waals surface area contributed by atoms with Gasteiger partial charge in [-0.3, -0.25) is 4.79 Å². The molecular weight excluding hydrogens is 224 g/mol. The molecular formula is C11H12N2O2S. The summed E-state index contributed by atoms with van der Waals surface area (Å²) in [5.74, 6) is 1.27. The van der Waals surface area contributed by atoms with Crippen LogP contribution < -0.4 is 10.1 Å². The summed E-state index contributed by atoms with van der Waals surface area (Å²) in [6, 6.07) is 5.65. The highest BCUT2D eigenvalue weighted by Crippen LogP contribution is 2.25. The second-order valence-electron chi connectivity index (χ2n) is 3.41. The normalized spacial score (nSPS) is 17.6. The van der Waals surface area contributed by atoms with Crippen LogP contribution in [0.3, 0.4) is 0 Å². The van der Waals surface area contributed by atoms with Gasteiger partial charge in [0.15, 0.2) is 5.17 Å². The number of hydrogen-bond acceptors (Lipinski definition) is 4. The number of ether oxygens (including phenoxy) is 1. The lowest BCUT2D eigenvalue weighted by Crippen LogP contribution is -2.19. The Morgan fingerprint density at radius 3 is 2.88 bits per heavy atom. The lowest BCUT2D eigenvalue weighted by molar-refractivity contribution is -0.116. The number of nitrogens with zero attached hydrogens (tertiary/aromatic N) is 1. The molecule has 0 unspecified atom stereocenters. The van der Waals surface area contributed by atoms with Crippen LogP contribution in [-0.2, 0) is 4.79 Å². The van der Waals surface area contributed by atoms with Gasteiger partial charge in [0.25, 0.3) is 0 Å². The first-order valence-corrected chi connectivity index (χ1v) is 5.83. The number of amidine groups is 1. The third-order valence-electron chi connectivity index (χ3n) is 2.21. The molecule has 1 aliphatic rings. The first-order valence-electron chi connectivity index (χ1n) is 4.85. The van der Waals surface area contributed by atoms with Crippen LogP contribution in [0.1, 0.15) is 5.56 Å². The van der Waals surface area contributed by atoms with E-state index in [1.165, 1.54) is 11.8 Å². The largest absolute Gasteiger partial charge is 0.497 e. The molecule has 16 heavy (non-hydrogen) atoms. The smallest absolute Gasteiger partial charge is 0.236 e. The van der Waals surface area contributed by atoms with E-state index in [1.807, 2.05) is 25.1 Å². The number of thioether (sulfide) groups is 1. The van der Waals surface area contributed by atoms with Crippen molar-refractivity contribution in [1.29, 1.82) is 0 Å². The van der Waals surface area contributed by atoms with E-state index in [4.69, 9.17) is 4.74 Å². The summed E-state index contributed by atoms with van der Waals surface area (Å²) in [6.45, 7) is 1.96. The van der Waals surface area contributed by atoms with Gasteiger partial charge in [-0.2, -0.15) is 0 Å². The Balaban J connectivity index is 2.24. The molecule has 0 saturated carbocycles. The van der Waals surface area contributed by atoms with Crippen molar-refractivity contribution in [2.45, 2.75) is 6.92 Å². The van der Waals surface area contributed by atoms with Crippen LogP contribution in [0.5, 0.6) is 5.75 Å². The molecule has 1 N–H and O–H groups in total. The SMILES string of the molecule is COc1ccc(/N=C2/NC(=O)CS2)c(C)c1. The Labute approximate surface area is 98.1 Å². The number of carbonyl (C=O) groups is 1. The lowest BCUT2D eigenvalue weighted by atomic mass is 10.2. The highest BCUT2D eigenvalue weighted by molar-refractivity contribution is 8.15. The summed E-state index contributed by atoms with van der Waals surface area (Å²) in [5, 5.41) is 3.37. The van der Waals surface area contributed by atoms with Gasteiger partial charge < -0.3 is 10.1 Å². The van der Waals surface area contributed by atoms with Crippen LogP contribution in [0.25, 0.3) is 0 Å². The van der Waals surface area contributed by atoms with Crippen LogP contribution in [0.2, 0.25) is 0 Å². The highest BCUT2D eigenvalue weighted by atomic mass is 32.2. The molecule has 1 fully saturated rings. The third-order valence-corrected chi connectivity index (χ3v) is 3.09. The van der Waals surface area contributed by atoms with Crippen molar-refractivity contribution >= 4 is 28.5 Å². The second kappa shape index (κ2) is 4.57. The van der Waals surface area contributed by atoms with Crippen LogP contribution in [0.15, 0.2) is 23.2 Å². The van der Waals surface area contributed by atoms with E-state index in [1.54, 1.807) is 7.11 Å². The minimum absolute atomic E-state index is 0.00918. The molecule has 2 rings (SSSR count). The van der Waals surface area contributed by atoms with E-state index in [-0.39, 0.29) is 5.91 Å². The topological polar surface area (TPSA) is 50.7 Å². The Morgan fingerprint density at radius 2 is 2.31 bits per heavy atom. The number of hydrogen-bond donors (Lipinski definition) is 1. The fraction of sp³-hybridized carbons (Fsp3) is 0.273. The molecule has 0 aliphatic carbocycles. The maximum Gasteiger partial charge on any atom is 0.236 e. The second-order valence-corrected chi connectivity index (χ2v) is 4.37. The van der Waals surface area contributed by atoms with Crippen LogP contribution in [-0.4, -0.2) is 23.9 Å². The van der Waals surface area contributed by atoms with Crippen molar-refractivity contribution in [3.8, 4) is 5.75 Å². The van der Waals surface area contributed by atoms with Gasteiger partial charge in [-0.05, 0) is 30.7 Å². The number of amides is 1. The average molecular weight is 236 g/mol. The molecule has 0 atom stereocenters. The number of methoxy groups -OCH3 is 1. The van der Waals surface area contributed by atoms with E-state index in [2.05, 4.69) is 10.3 Å². The first-order chi connectivity index (χ1) is 7.69. The third kappa shape index (κ3) is 2.36. The molecule has 0 spiro atoms. The van der Waals surface area contributed by atoms with Gasteiger partial charge in [0.05, 0.1) is 18.6 Å². The number of carbonyl (C=O) groups excluding carboxylic acids is 1. The maximum atomic E-state index is 11.0. The number of nitrogens with one attached hydrogen (secondary N) is 1. The van der Waals surface area contributed by atoms with Gasteiger partial charge in [-0.1, -0.05) is 11.8 Å². The molecule has 1 aromatic carbocycles. The lowest BCUT2D eigenvalue weighted by Gasteiger charge is -2.04. The summed E-state index contributed by atoms with van der Waals surface area (Å²) in [5.41, 5.74) is 1.87. The van der Waals surface area contributed by atoms with Crippen molar-refractivity contribution in [1.82, 2.24) is 5.32 Å². The molecule has 1 amide bonds. The number of aliphatic imine (C=N–C) groups is 1. The minimum atomic E-state index is 0.00918. The monoisotopic (exact) mass is 236 g/mol. The fourth-order valence-corrected chi connectivity index (χ4v) is 2.06. The summed E-state index contributed by atoms with van der Waals surface area (Å²) in [4.78, 5) is 15.4. The van der Waals surface area contributed by atoms with Crippen LogP contribution in [0, 0.1) is 6.92 Å². The van der Waals surface area contributed by atoms with Crippen LogP contribution >= 0.6 is 11.8 Å². The quantitative estimate of drug-likeness (QED) is 0.852. The molecule has 1 aliphatic heterocycles. The summed E-state index contributed by atoms with van der Waals surface area (Å²) in [7, 11) is 1.63. The predicted octanol–water partition coefficient (Wildman–Crippen LogP) is 1.85. The van der Waals surface area contributed by atoms with Gasteiger partial charge in [0.1, 0.15) is 5.75 Å². The van der Waals surface area contributed by atoms with E-state index >= 15 is 0 Å². The molecule has 1 aromatic rings. The molecule has 0 aromatic heterocycles. The van der Waals surface area contributed by atoms with Crippen molar-refractivity contribution in [2.24, 2.45) is 4.99 Å². The summed E-state index contributed by atoms with van der Waals surface area (Å²) < 4.78 is 5.11. The molecule has 1 heterocycles. The Hall–Kier alpha value is -1.49. The Kier molecular flexibility index (Phi) is 3.14. The highest BCUT2D eigenvalue weighted by Gasteiger charge is 2.16.